The molecule has 2 N–H and O–H groups in total. The smallest absolute Gasteiger partial charge is 0.119 e. The average molecular weight is 904 g/mol. The van der Waals surface area contributed by atoms with Crippen LogP contribution in [0, 0.1) is 0 Å². The number of aryl methyl sites for hydroxylation is 2. The maximum Gasteiger partial charge on any atom is 0.119 e. The van der Waals surface area contributed by atoms with Gasteiger partial charge in [-0.15, -0.1) is 0 Å². The molecule has 4 aliphatic rings. The summed E-state index contributed by atoms with van der Waals surface area (Å²) in [4.78, 5) is 0. The molecule has 0 radical (unpaired) electrons. The van der Waals surface area contributed by atoms with E-state index in [1.165, 1.54) is 126 Å². The first-order valence-corrected chi connectivity index (χ1v) is 29.5. The Morgan fingerprint density at radius 1 is 0.500 bits per heavy atom. The van der Waals surface area contributed by atoms with Crippen molar-refractivity contribution < 1.29 is 10.2 Å². The largest absolute Gasteiger partial charge is 0.508 e. The first-order chi connectivity index (χ1) is 27.8. The maximum absolute atomic E-state index is 10.6. The Balaban J connectivity index is 0.970. The van der Waals surface area contributed by atoms with E-state index in [1.54, 1.807) is 0 Å². The number of rotatable bonds is 24. The Morgan fingerprint density at radius 3 is 1.33 bits per heavy atom. The zero-order valence-corrected chi connectivity index (χ0v) is 42.0. The Kier molecular flexibility index (Phi) is 18.6. The van der Waals surface area contributed by atoms with Gasteiger partial charge >= 0.3 is 0 Å². The van der Waals surface area contributed by atoms with Crippen molar-refractivity contribution in [2.45, 2.75) is 229 Å². The molecule has 2 aromatic carbocycles. The van der Waals surface area contributed by atoms with Gasteiger partial charge < -0.3 is 10.2 Å². The van der Waals surface area contributed by atoms with Crippen LogP contribution in [0.4, 0.5) is 0 Å². The molecule has 0 saturated carbocycles. The maximum atomic E-state index is 10.6. The molecule has 4 heterocycles. The van der Waals surface area contributed by atoms with Crippen LogP contribution >= 0.6 is 68.6 Å². The Morgan fingerprint density at radius 2 is 0.897 bits per heavy atom. The molecule has 2 aromatic rings. The molecular weight excluding hydrogens is 825 g/mol. The number of unbranched alkanes of at least 4 members (excludes halogenated alkanes) is 8. The highest BCUT2D eigenvalue weighted by Gasteiger charge is 2.47. The monoisotopic (exact) mass is 902 g/mol. The van der Waals surface area contributed by atoms with Gasteiger partial charge in [0.1, 0.15) is 11.5 Å². The van der Waals surface area contributed by atoms with Crippen LogP contribution in [0.1, 0.15) is 180 Å². The fourth-order valence-corrected chi connectivity index (χ4v) is 19.0. The van der Waals surface area contributed by atoms with E-state index in [4.69, 9.17) is 0 Å². The van der Waals surface area contributed by atoms with Crippen molar-refractivity contribution in [3.05, 3.63) is 58.7 Å². The van der Waals surface area contributed by atoms with Crippen LogP contribution < -0.4 is 0 Å². The number of thioether (sulfide) groups is 4. The van der Waals surface area contributed by atoms with E-state index in [1.807, 2.05) is 12.1 Å². The van der Waals surface area contributed by atoms with Gasteiger partial charge in [-0.2, -0.15) is 47.0 Å². The first-order valence-electron chi connectivity index (χ1n) is 23.3. The molecule has 326 valence electrons. The van der Waals surface area contributed by atoms with Crippen LogP contribution in [-0.4, -0.2) is 63.2 Å². The van der Waals surface area contributed by atoms with E-state index in [-0.39, 0.29) is 10.8 Å². The predicted molar refractivity (Wildman–Crippen MR) is 270 cm³/mol. The van der Waals surface area contributed by atoms with Gasteiger partial charge in [0, 0.05) is 53.0 Å². The molecule has 0 aliphatic carbocycles. The summed E-state index contributed by atoms with van der Waals surface area (Å²) in [5.41, 5.74) is 4.62. The predicted octanol–water partition coefficient (Wildman–Crippen LogP) is 15.8. The van der Waals surface area contributed by atoms with E-state index in [0.717, 1.165) is 71.2 Å². The van der Waals surface area contributed by atoms with Crippen molar-refractivity contribution >= 4 is 68.6 Å². The number of phenols is 2. The van der Waals surface area contributed by atoms with Crippen molar-refractivity contribution in [1.82, 2.24) is 0 Å². The lowest BCUT2D eigenvalue weighted by molar-refractivity contribution is 0.445. The summed E-state index contributed by atoms with van der Waals surface area (Å²) in [6.45, 7) is 15.4. The fourth-order valence-electron chi connectivity index (χ4n) is 9.13. The minimum Gasteiger partial charge on any atom is -0.508 e. The van der Waals surface area contributed by atoms with Crippen LogP contribution in [-0.2, 0) is 23.7 Å². The zero-order chi connectivity index (χ0) is 41.3. The first kappa shape index (κ1) is 47.6. The molecule has 0 aromatic heterocycles. The van der Waals surface area contributed by atoms with Gasteiger partial charge in [-0.1, -0.05) is 152 Å². The highest BCUT2D eigenvalue weighted by molar-refractivity contribution is 8.77. The molecule has 9 atom stereocenters. The van der Waals surface area contributed by atoms with Gasteiger partial charge in [0.15, 0.2) is 0 Å². The summed E-state index contributed by atoms with van der Waals surface area (Å²) in [5.74, 6) is 2.35. The van der Waals surface area contributed by atoms with Crippen LogP contribution in [0.15, 0.2) is 36.4 Å². The van der Waals surface area contributed by atoms with Gasteiger partial charge in [0.2, 0.25) is 0 Å². The third kappa shape index (κ3) is 15.4. The third-order valence-electron chi connectivity index (χ3n) is 12.9. The van der Waals surface area contributed by atoms with E-state index < -0.39 is 0 Å². The molecule has 4 fully saturated rings. The zero-order valence-electron chi connectivity index (χ0n) is 37.1. The number of benzene rings is 2. The second-order valence-corrected chi connectivity index (χ2v) is 28.7. The summed E-state index contributed by atoms with van der Waals surface area (Å²) in [7, 11) is 4.67. The summed E-state index contributed by atoms with van der Waals surface area (Å²) < 4.78 is 0. The number of hydrogen-bond donors (Lipinski definition) is 2. The molecule has 9 unspecified atom stereocenters. The molecule has 0 spiro atoms. The van der Waals surface area contributed by atoms with Crippen LogP contribution in [0.3, 0.4) is 0 Å². The van der Waals surface area contributed by atoms with Gasteiger partial charge in [-0.3, -0.25) is 0 Å². The highest BCUT2D eigenvalue weighted by atomic mass is 33.1. The lowest BCUT2D eigenvalue weighted by Crippen LogP contribution is -2.27. The fraction of sp³-hybridized carbons (Fsp3) is 0.760. The van der Waals surface area contributed by atoms with Gasteiger partial charge in [0.25, 0.3) is 0 Å². The van der Waals surface area contributed by atoms with Gasteiger partial charge in [-0.25, -0.2) is 0 Å². The second-order valence-electron chi connectivity index (χ2n) is 20.2. The van der Waals surface area contributed by atoms with Crippen molar-refractivity contribution in [1.29, 1.82) is 0 Å². The van der Waals surface area contributed by atoms with Crippen LogP contribution in [0.5, 0.6) is 11.5 Å². The summed E-state index contributed by atoms with van der Waals surface area (Å²) in [6.07, 6.45) is 25.2. The number of aromatic hydroxyl groups is 2. The molecule has 2 nitrogen and oxygen atoms in total. The lowest BCUT2D eigenvalue weighted by atomic mass is 9.85. The van der Waals surface area contributed by atoms with Gasteiger partial charge in [0.05, 0.1) is 0 Å². The molecular formula is C50H78O2S6. The van der Waals surface area contributed by atoms with E-state index in [9.17, 15) is 10.2 Å². The van der Waals surface area contributed by atoms with Crippen LogP contribution in [0.25, 0.3) is 0 Å². The lowest BCUT2D eigenvalue weighted by Gasteiger charge is -2.27. The quantitative estimate of drug-likeness (QED) is 0.0613. The van der Waals surface area contributed by atoms with E-state index >= 15 is 0 Å². The number of hydrogen-bond acceptors (Lipinski definition) is 8. The van der Waals surface area contributed by atoms with Crippen molar-refractivity contribution in [3.63, 3.8) is 0 Å². The minimum atomic E-state index is -0.0204. The second kappa shape index (κ2) is 22.7. The summed E-state index contributed by atoms with van der Waals surface area (Å²) >= 11 is 9.32. The molecule has 0 amide bonds. The summed E-state index contributed by atoms with van der Waals surface area (Å²) in [6, 6.07) is 12.8. The topological polar surface area (TPSA) is 40.5 Å². The highest BCUT2D eigenvalue weighted by Crippen LogP contribution is 2.58. The summed E-state index contributed by atoms with van der Waals surface area (Å²) in [5, 5.41) is 29.1. The third-order valence-corrected chi connectivity index (χ3v) is 22.4. The molecule has 4 aliphatic heterocycles. The molecule has 0 bridgehead atoms. The standard InChI is InChI=1S/C50H78O2S6/c1-8-19-41-45(54-41)31-46-42(22-17-13-9-11-15-20-34-24-26-37(39(51)28-34)49(2,3)4)57-58-43(47(56-46)32-48-44(55-48)30-36-33-53-36)23-18-14-10-12-16-21-35-25-27-38(40(52)29-35)50(5,6)7/h24-29,36,41-48,51-52H,8-23,30-33H2,1-7H3. The molecule has 6 rings (SSSR count). The Bertz CT molecular complexity index is 1550. The van der Waals surface area contributed by atoms with Gasteiger partial charge in [-0.05, 0) is 109 Å². The Labute approximate surface area is 380 Å². The SMILES string of the molecule is CCCC1SC1CC1SC(CC2SC2CC2CS2)C(CCCCCCCc2ccc(C(C)(C)C)c(O)c2)SSC1CCCCCCCc1ccc(C(C)(C)C)c(O)c1. The van der Waals surface area contributed by atoms with Crippen molar-refractivity contribution in [3.8, 4) is 11.5 Å². The van der Waals surface area contributed by atoms with E-state index in [2.05, 4.69) is 141 Å². The number of phenolic OH excluding ortho intramolecular Hbond substituents is 2. The normalized spacial score (nSPS) is 28.4. The van der Waals surface area contributed by atoms with Crippen molar-refractivity contribution in [2.75, 3.05) is 5.75 Å². The molecule has 4 saturated heterocycles. The molecule has 58 heavy (non-hydrogen) atoms. The molecule has 8 heteroatoms. The van der Waals surface area contributed by atoms with Crippen LogP contribution in [0.2, 0.25) is 0 Å². The van der Waals surface area contributed by atoms with Crippen molar-refractivity contribution in [2.24, 2.45) is 0 Å². The minimum absolute atomic E-state index is 0.0203. The average Bonchev–Trinajstić information content (AvgIpc) is 4.07. The Hall–Kier alpha value is 0.140. The van der Waals surface area contributed by atoms with E-state index in [0.29, 0.717) is 11.5 Å².